The second-order valence-corrected chi connectivity index (χ2v) is 5.21. The van der Waals surface area contributed by atoms with Gasteiger partial charge >= 0.3 is 0 Å². The molecule has 1 N–H and O–H groups in total. The van der Waals surface area contributed by atoms with E-state index in [0.717, 1.165) is 42.4 Å². The third-order valence-electron chi connectivity index (χ3n) is 3.83. The number of hydrogen-bond donors (Lipinski definition) is 1. The second-order valence-electron chi connectivity index (χ2n) is 5.21. The van der Waals surface area contributed by atoms with Crippen molar-refractivity contribution in [3.63, 3.8) is 0 Å². The second kappa shape index (κ2) is 5.09. The summed E-state index contributed by atoms with van der Waals surface area (Å²) >= 11 is 0. The quantitative estimate of drug-likeness (QED) is 0.901. The van der Waals surface area contributed by atoms with Gasteiger partial charge in [0.15, 0.2) is 0 Å². The molecule has 0 spiro atoms. The Hall–Kier alpha value is -1.75. The lowest BCUT2D eigenvalue weighted by molar-refractivity contribution is 0.570. The summed E-state index contributed by atoms with van der Waals surface area (Å²) in [4.78, 5) is 13.4. The van der Waals surface area contributed by atoms with E-state index in [1.807, 2.05) is 37.1 Å². The highest BCUT2D eigenvalue weighted by Crippen LogP contribution is 2.19. The van der Waals surface area contributed by atoms with Crippen LogP contribution in [-0.2, 0) is 13.5 Å². The van der Waals surface area contributed by atoms with Crippen LogP contribution in [0.3, 0.4) is 0 Å². The van der Waals surface area contributed by atoms with Crippen LogP contribution in [0.25, 0.3) is 11.4 Å². The van der Waals surface area contributed by atoms with E-state index in [0.29, 0.717) is 5.92 Å². The zero-order valence-electron chi connectivity index (χ0n) is 11.4. The van der Waals surface area contributed by atoms with E-state index in [-0.39, 0.29) is 0 Å². The van der Waals surface area contributed by atoms with E-state index in [9.17, 15) is 0 Å². The molecule has 100 valence electrons. The monoisotopic (exact) mass is 257 g/mol. The molecule has 0 aromatic carbocycles. The summed E-state index contributed by atoms with van der Waals surface area (Å²) in [5.41, 5.74) is 3.01. The van der Waals surface area contributed by atoms with Crippen LogP contribution in [-0.4, -0.2) is 32.6 Å². The van der Waals surface area contributed by atoms with Crippen LogP contribution in [0.2, 0.25) is 0 Å². The molecule has 1 aliphatic rings. The van der Waals surface area contributed by atoms with Crippen LogP contribution in [0.15, 0.2) is 18.6 Å². The Morgan fingerprint density at radius 1 is 1.37 bits per heavy atom. The van der Waals surface area contributed by atoms with Crippen molar-refractivity contribution in [2.45, 2.75) is 19.8 Å². The first-order chi connectivity index (χ1) is 9.24. The van der Waals surface area contributed by atoms with Gasteiger partial charge in [-0.3, -0.25) is 4.98 Å². The van der Waals surface area contributed by atoms with E-state index in [4.69, 9.17) is 4.98 Å². The summed E-state index contributed by atoms with van der Waals surface area (Å²) in [6.45, 7) is 4.21. The van der Waals surface area contributed by atoms with Gasteiger partial charge in [0, 0.05) is 13.2 Å². The molecular formula is C14H19N5. The number of aromatic nitrogens is 4. The molecule has 0 unspecified atom stereocenters. The molecule has 0 amide bonds. The van der Waals surface area contributed by atoms with E-state index in [2.05, 4.69) is 15.3 Å². The molecule has 2 aromatic heterocycles. The zero-order chi connectivity index (χ0) is 13.2. The van der Waals surface area contributed by atoms with Crippen LogP contribution in [0.4, 0.5) is 0 Å². The summed E-state index contributed by atoms with van der Waals surface area (Å²) in [5, 5.41) is 3.39. The molecule has 1 aliphatic heterocycles. The Morgan fingerprint density at radius 3 is 2.95 bits per heavy atom. The Kier molecular flexibility index (Phi) is 3.29. The van der Waals surface area contributed by atoms with Crippen LogP contribution in [0.5, 0.6) is 0 Å². The fraction of sp³-hybridized carbons (Fsp3) is 0.500. The lowest BCUT2D eigenvalue weighted by Gasteiger charge is -2.09. The molecule has 19 heavy (non-hydrogen) atoms. The third-order valence-corrected chi connectivity index (χ3v) is 3.83. The number of rotatable bonds is 3. The highest BCUT2D eigenvalue weighted by atomic mass is 15.1. The number of hydrogen-bond acceptors (Lipinski definition) is 4. The maximum absolute atomic E-state index is 4.73. The van der Waals surface area contributed by atoms with Gasteiger partial charge in [0.25, 0.3) is 0 Å². The molecule has 0 bridgehead atoms. The van der Waals surface area contributed by atoms with Crippen LogP contribution in [0.1, 0.15) is 17.9 Å². The third kappa shape index (κ3) is 2.51. The summed E-state index contributed by atoms with van der Waals surface area (Å²) < 4.78 is 2.05. The van der Waals surface area contributed by atoms with Crippen LogP contribution in [0, 0.1) is 12.8 Å². The van der Waals surface area contributed by atoms with Gasteiger partial charge in [-0.25, -0.2) is 9.97 Å². The Morgan fingerprint density at radius 2 is 2.26 bits per heavy atom. The van der Waals surface area contributed by atoms with E-state index in [1.54, 1.807) is 0 Å². The van der Waals surface area contributed by atoms with Gasteiger partial charge in [-0.15, -0.1) is 0 Å². The molecule has 0 saturated carbocycles. The summed E-state index contributed by atoms with van der Waals surface area (Å²) in [7, 11) is 2.01. The van der Waals surface area contributed by atoms with Crippen molar-refractivity contribution >= 4 is 0 Å². The van der Waals surface area contributed by atoms with Gasteiger partial charge in [-0.05, 0) is 38.8 Å². The zero-order valence-corrected chi connectivity index (χ0v) is 11.4. The van der Waals surface area contributed by atoms with Crippen molar-refractivity contribution in [3.05, 3.63) is 30.1 Å². The van der Waals surface area contributed by atoms with Crippen molar-refractivity contribution in [2.75, 3.05) is 13.1 Å². The van der Waals surface area contributed by atoms with E-state index in [1.165, 1.54) is 6.42 Å². The highest BCUT2D eigenvalue weighted by molar-refractivity contribution is 5.52. The van der Waals surface area contributed by atoms with E-state index >= 15 is 0 Å². The fourth-order valence-corrected chi connectivity index (χ4v) is 2.55. The van der Waals surface area contributed by atoms with E-state index < -0.39 is 0 Å². The van der Waals surface area contributed by atoms with Gasteiger partial charge in [0.05, 0.1) is 23.8 Å². The van der Waals surface area contributed by atoms with Gasteiger partial charge in [0.2, 0.25) is 0 Å². The number of imidazole rings is 1. The van der Waals surface area contributed by atoms with Gasteiger partial charge in [-0.1, -0.05) is 0 Å². The van der Waals surface area contributed by atoms with Gasteiger partial charge in [0.1, 0.15) is 11.5 Å². The maximum atomic E-state index is 4.73. The molecule has 1 fully saturated rings. The SMILES string of the molecule is Cc1ncc(-c2cncc(C[C@@H]3CCNC3)n2)n1C. The molecule has 5 heteroatoms. The average molecular weight is 257 g/mol. The summed E-state index contributed by atoms with van der Waals surface area (Å²) in [5.74, 6) is 1.68. The average Bonchev–Trinajstić information content (AvgIpc) is 3.02. The van der Waals surface area contributed by atoms with Crippen molar-refractivity contribution in [1.82, 2.24) is 24.8 Å². The first-order valence-corrected chi connectivity index (χ1v) is 6.74. The molecule has 1 atom stereocenters. The maximum Gasteiger partial charge on any atom is 0.107 e. The summed E-state index contributed by atoms with van der Waals surface area (Å²) in [6.07, 6.45) is 7.79. The number of aryl methyl sites for hydroxylation is 1. The fourth-order valence-electron chi connectivity index (χ4n) is 2.55. The Balaban J connectivity index is 1.85. The first kappa shape index (κ1) is 12.3. The molecule has 1 saturated heterocycles. The molecule has 2 aromatic rings. The minimum atomic E-state index is 0.692. The predicted molar refractivity (Wildman–Crippen MR) is 73.7 cm³/mol. The number of nitrogens with one attached hydrogen (secondary N) is 1. The Bertz CT molecular complexity index is 569. The molecule has 5 nitrogen and oxygen atoms in total. The molecule has 3 rings (SSSR count). The minimum Gasteiger partial charge on any atom is -0.330 e. The predicted octanol–water partition coefficient (Wildman–Crippen LogP) is 1.34. The van der Waals surface area contributed by atoms with Crippen molar-refractivity contribution < 1.29 is 0 Å². The highest BCUT2D eigenvalue weighted by Gasteiger charge is 2.16. The summed E-state index contributed by atoms with van der Waals surface area (Å²) in [6, 6.07) is 0. The largest absolute Gasteiger partial charge is 0.330 e. The number of nitrogens with zero attached hydrogens (tertiary/aromatic N) is 4. The van der Waals surface area contributed by atoms with Gasteiger partial charge in [-0.2, -0.15) is 0 Å². The minimum absolute atomic E-state index is 0.692. The van der Waals surface area contributed by atoms with Crippen LogP contribution < -0.4 is 5.32 Å². The van der Waals surface area contributed by atoms with Crippen molar-refractivity contribution in [2.24, 2.45) is 13.0 Å². The first-order valence-electron chi connectivity index (χ1n) is 6.74. The molecule has 0 radical (unpaired) electrons. The van der Waals surface area contributed by atoms with Crippen molar-refractivity contribution in [1.29, 1.82) is 0 Å². The lowest BCUT2D eigenvalue weighted by atomic mass is 10.0. The van der Waals surface area contributed by atoms with Crippen molar-refractivity contribution in [3.8, 4) is 11.4 Å². The molecule has 0 aliphatic carbocycles. The van der Waals surface area contributed by atoms with Crippen LogP contribution >= 0.6 is 0 Å². The molecular weight excluding hydrogens is 238 g/mol. The standard InChI is InChI=1S/C14H19N5/c1-10-17-9-14(19(10)2)13-8-16-7-12(18-13)5-11-3-4-15-6-11/h7-9,11,15H,3-6H2,1-2H3/t11-/m0/s1. The topological polar surface area (TPSA) is 55.6 Å². The Labute approximate surface area is 113 Å². The lowest BCUT2D eigenvalue weighted by Crippen LogP contribution is -2.11. The molecule has 3 heterocycles. The van der Waals surface area contributed by atoms with Gasteiger partial charge < -0.3 is 9.88 Å². The normalized spacial score (nSPS) is 18.9. The smallest absolute Gasteiger partial charge is 0.107 e.